The van der Waals surface area contributed by atoms with Gasteiger partial charge in [0.25, 0.3) is 0 Å². The Kier molecular flexibility index (Phi) is 4.27. The van der Waals surface area contributed by atoms with Gasteiger partial charge >= 0.3 is 0 Å². The zero-order chi connectivity index (χ0) is 14.5. The molecule has 0 aliphatic rings. The number of ether oxygens (including phenoxy) is 1. The zero-order valence-corrected chi connectivity index (χ0v) is 12.0. The normalized spacial score (nSPS) is 9.90. The number of rotatable bonds is 4. The third kappa shape index (κ3) is 3.10. The van der Waals surface area contributed by atoms with Crippen LogP contribution < -0.4 is 10.1 Å². The molecule has 0 radical (unpaired) electrons. The molecular formula is C17H18N2O. The first-order valence-corrected chi connectivity index (χ1v) is 6.52. The quantitative estimate of drug-likeness (QED) is 0.915. The van der Waals surface area contributed by atoms with Gasteiger partial charge in [-0.3, -0.25) is 0 Å². The van der Waals surface area contributed by atoms with Crippen LogP contribution in [0.3, 0.4) is 0 Å². The number of nitrogens with one attached hydrogen (secondary N) is 1. The summed E-state index contributed by atoms with van der Waals surface area (Å²) in [6.07, 6.45) is 0. The average molecular weight is 266 g/mol. The van der Waals surface area contributed by atoms with E-state index in [4.69, 9.17) is 4.74 Å². The number of benzene rings is 2. The van der Waals surface area contributed by atoms with Crippen LogP contribution in [-0.4, -0.2) is 7.11 Å². The predicted octanol–water partition coefficient (Wildman–Crippen LogP) is 3.80. The van der Waals surface area contributed by atoms with Gasteiger partial charge in [-0.15, -0.1) is 0 Å². The summed E-state index contributed by atoms with van der Waals surface area (Å²) in [4.78, 5) is 0. The van der Waals surface area contributed by atoms with Crippen LogP contribution in [0.2, 0.25) is 0 Å². The van der Waals surface area contributed by atoms with Gasteiger partial charge in [0.15, 0.2) is 0 Å². The number of aryl methyl sites for hydroxylation is 2. The maximum absolute atomic E-state index is 9.18. The van der Waals surface area contributed by atoms with Gasteiger partial charge in [-0.2, -0.15) is 5.26 Å². The lowest BCUT2D eigenvalue weighted by Crippen LogP contribution is -2.04. The van der Waals surface area contributed by atoms with Crippen molar-refractivity contribution in [1.82, 2.24) is 0 Å². The van der Waals surface area contributed by atoms with Crippen molar-refractivity contribution in [1.29, 1.82) is 5.26 Å². The molecule has 0 saturated carbocycles. The third-order valence-electron chi connectivity index (χ3n) is 3.12. The van der Waals surface area contributed by atoms with Crippen molar-refractivity contribution in [3.8, 4) is 11.8 Å². The van der Waals surface area contributed by atoms with E-state index in [1.807, 2.05) is 12.1 Å². The summed E-state index contributed by atoms with van der Waals surface area (Å²) in [7, 11) is 1.61. The molecule has 0 fully saturated rings. The van der Waals surface area contributed by atoms with E-state index in [1.54, 1.807) is 13.2 Å². The van der Waals surface area contributed by atoms with Crippen molar-refractivity contribution in [3.05, 3.63) is 58.7 Å². The van der Waals surface area contributed by atoms with Crippen LogP contribution in [0.15, 0.2) is 36.4 Å². The molecule has 2 rings (SSSR count). The molecular weight excluding hydrogens is 248 g/mol. The van der Waals surface area contributed by atoms with Gasteiger partial charge in [0.05, 0.1) is 18.4 Å². The first kappa shape index (κ1) is 14.0. The van der Waals surface area contributed by atoms with Gasteiger partial charge in [-0.25, -0.2) is 0 Å². The molecule has 0 bridgehead atoms. The maximum atomic E-state index is 9.18. The molecule has 3 nitrogen and oxygen atoms in total. The Bertz CT molecular complexity index is 636. The van der Waals surface area contributed by atoms with E-state index in [-0.39, 0.29) is 0 Å². The minimum Gasteiger partial charge on any atom is -0.495 e. The summed E-state index contributed by atoms with van der Waals surface area (Å²) < 4.78 is 5.31. The second-order valence-electron chi connectivity index (χ2n) is 4.84. The van der Waals surface area contributed by atoms with Crippen molar-refractivity contribution in [2.24, 2.45) is 0 Å². The minimum absolute atomic E-state index is 0.591. The van der Waals surface area contributed by atoms with Crippen LogP contribution >= 0.6 is 0 Å². The SMILES string of the molecule is COc1cccc(C#N)c1NCc1cc(C)cc(C)c1. The molecule has 2 aromatic rings. The highest BCUT2D eigenvalue weighted by molar-refractivity contribution is 5.66. The molecule has 0 saturated heterocycles. The number of hydrogen-bond acceptors (Lipinski definition) is 3. The molecule has 0 atom stereocenters. The van der Waals surface area contributed by atoms with Gasteiger partial charge in [-0.05, 0) is 31.5 Å². The minimum atomic E-state index is 0.591. The highest BCUT2D eigenvalue weighted by Crippen LogP contribution is 2.28. The first-order valence-electron chi connectivity index (χ1n) is 6.52. The lowest BCUT2D eigenvalue weighted by molar-refractivity contribution is 0.416. The summed E-state index contributed by atoms with van der Waals surface area (Å²) in [5.74, 6) is 0.688. The van der Waals surface area contributed by atoms with Crippen molar-refractivity contribution < 1.29 is 4.74 Å². The highest BCUT2D eigenvalue weighted by atomic mass is 16.5. The highest BCUT2D eigenvalue weighted by Gasteiger charge is 2.08. The molecule has 0 unspecified atom stereocenters. The molecule has 0 spiro atoms. The monoisotopic (exact) mass is 266 g/mol. The number of anilines is 1. The van der Waals surface area contributed by atoms with Gasteiger partial charge in [0.1, 0.15) is 11.8 Å². The van der Waals surface area contributed by atoms with Crippen LogP contribution in [-0.2, 0) is 6.54 Å². The first-order chi connectivity index (χ1) is 9.63. The Balaban J connectivity index is 2.24. The Labute approximate surface area is 119 Å². The van der Waals surface area contributed by atoms with E-state index in [0.717, 1.165) is 5.69 Å². The van der Waals surface area contributed by atoms with Crippen molar-refractivity contribution in [2.75, 3.05) is 12.4 Å². The molecule has 2 aromatic carbocycles. The molecule has 0 heterocycles. The number of hydrogen-bond donors (Lipinski definition) is 1. The fourth-order valence-electron chi connectivity index (χ4n) is 2.34. The third-order valence-corrected chi connectivity index (χ3v) is 3.12. The van der Waals surface area contributed by atoms with E-state index in [1.165, 1.54) is 16.7 Å². The Morgan fingerprint density at radius 2 is 1.85 bits per heavy atom. The molecule has 0 aromatic heterocycles. The van der Waals surface area contributed by atoms with Crippen LogP contribution in [0.4, 0.5) is 5.69 Å². The zero-order valence-electron chi connectivity index (χ0n) is 12.0. The van der Waals surface area contributed by atoms with E-state index < -0.39 is 0 Å². The van der Waals surface area contributed by atoms with E-state index in [2.05, 4.69) is 43.4 Å². The second kappa shape index (κ2) is 6.12. The fourth-order valence-corrected chi connectivity index (χ4v) is 2.34. The molecule has 0 amide bonds. The summed E-state index contributed by atoms with van der Waals surface area (Å²) in [5, 5.41) is 12.5. The molecule has 102 valence electrons. The average Bonchev–Trinajstić information content (AvgIpc) is 2.43. The number of para-hydroxylation sites is 1. The smallest absolute Gasteiger partial charge is 0.143 e. The number of nitriles is 1. The van der Waals surface area contributed by atoms with Crippen molar-refractivity contribution in [2.45, 2.75) is 20.4 Å². The summed E-state index contributed by atoms with van der Waals surface area (Å²) in [6, 6.07) is 14.1. The van der Waals surface area contributed by atoms with Gasteiger partial charge in [-0.1, -0.05) is 35.4 Å². The molecule has 0 aliphatic carbocycles. The van der Waals surface area contributed by atoms with Crippen molar-refractivity contribution in [3.63, 3.8) is 0 Å². The fraction of sp³-hybridized carbons (Fsp3) is 0.235. The summed E-state index contributed by atoms with van der Waals surface area (Å²) in [5.41, 5.74) is 5.01. The van der Waals surface area contributed by atoms with E-state index >= 15 is 0 Å². The van der Waals surface area contributed by atoms with E-state index in [9.17, 15) is 5.26 Å². The number of methoxy groups -OCH3 is 1. The number of nitrogens with zero attached hydrogens (tertiary/aromatic N) is 1. The molecule has 1 N–H and O–H groups in total. The predicted molar refractivity (Wildman–Crippen MR) is 81.0 cm³/mol. The Morgan fingerprint density at radius 3 is 2.45 bits per heavy atom. The largest absolute Gasteiger partial charge is 0.495 e. The standard InChI is InChI=1S/C17H18N2O/c1-12-7-13(2)9-14(8-12)11-19-17-15(10-18)5-4-6-16(17)20-3/h4-9,19H,11H2,1-3H3. The Hall–Kier alpha value is -2.47. The summed E-state index contributed by atoms with van der Waals surface area (Å²) >= 11 is 0. The van der Waals surface area contributed by atoms with Gasteiger partial charge in [0, 0.05) is 6.54 Å². The molecule has 3 heteroatoms. The van der Waals surface area contributed by atoms with Crippen LogP contribution in [0.1, 0.15) is 22.3 Å². The van der Waals surface area contributed by atoms with Crippen LogP contribution in [0.5, 0.6) is 5.75 Å². The lowest BCUT2D eigenvalue weighted by Gasteiger charge is -2.13. The topological polar surface area (TPSA) is 45.0 Å². The van der Waals surface area contributed by atoms with Crippen molar-refractivity contribution >= 4 is 5.69 Å². The molecule has 0 aliphatic heterocycles. The Morgan fingerprint density at radius 1 is 1.15 bits per heavy atom. The lowest BCUT2D eigenvalue weighted by atomic mass is 10.1. The van der Waals surface area contributed by atoms with Crippen LogP contribution in [0.25, 0.3) is 0 Å². The van der Waals surface area contributed by atoms with E-state index in [0.29, 0.717) is 17.9 Å². The maximum Gasteiger partial charge on any atom is 0.143 e. The summed E-state index contributed by atoms with van der Waals surface area (Å²) in [6.45, 7) is 4.83. The van der Waals surface area contributed by atoms with Crippen LogP contribution in [0, 0.1) is 25.2 Å². The van der Waals surface area contributed by atoms with Gasteiger partial charge < -0.3 is 10.1 Å². The second-order valence-corrected chi connectivity index (χ2v) is 4.84. The molecule has 20 heavy (non-hydrogen) atoms. The van der Waals surface area contributed by atoms with Gasteiger partial charge in [0.2, 0.25) is 0 Å².